The lowest BCUT2D eigenvalue weighted by atomic mass is 9.95. The number of hydrogen-bond donors (Lipinski definition) is 1. The van der Waals surface area contributed by atoms with Crippen LogP contribution in [-0.4, -0.2) is 27.0 Å². The van der Waals surface area contributed by atoms with E-state index in [-0.39, 0.29) is 21.5 Å². The first-order valence-corrected chi connectivity index (χ1v) is 14.7. The largest absolute Gasteiger partial charge is 0.503 e. The molecule has 7 nitrogen and oxygen atoms in total. The van der Waals surface area contributed by atoms with E-state index >= 15 is 0 Å². The van der Waals surface area contributed by atoms with Gasteiger partial charge in [-0.15, -0.1) is 10.2 Å². The van der Waals surface area contributed by atoms with Gasteiger partial charge in [0.2, 0.25) is 10.9 Å². The molecule has 0 saturated heterocycles. The SMILES string of the molecule is O=C(C1=C(O)C(=O)N(c2nnc(SCc3ccccc3Cl)s2)[C@@H]1c1ccc(Cl)c(Cl)c1)c1cc2ccccc2o1. The summed E-state index contributed by atoms with van der Waals surface area (Å²) in [7, 11) is 0. The molecule has 0 aliphatic carbocycles. The predicted octanol–water partition coefficient (Wildman–Crippen LogP) is 8.32. The van der Waals surface area contributed by atoms with E-state index in [1.807, 2.05) is 30.3 Å². The van der Waals surface area contributed by atoms with Gasteiger partial charge in [-0.1, -0.05) is 100 Å². The number of halogens is 3. The molecule has 200 valence electrons. The van der Waals surface area contributed by atoms with E-state index in [1.54, 1.807) is 42.5 Å². The molecule has 0 fully saturated rings. The Labute approximate surface area is 251 Å². The third-order valence-electron chi connectivity index (χ3n) is 6.27. The molecule has 6 rings (SSSR count). The van der Waals surface area contributed by atoms with Gasteiger partial charge in [-0.05, 0) is 41.5 Å². The van der Waals surface area contributed by atoms with Crippen molar-refractivity contribution in [3.8, 4) is 0 Å². The molecule has 1 amide bonds. The number of aliphatic hydroxyl groups is 1. The highest BCUT2D eigenvalue weighted by Gasteiger charge is 2.47. The molecule has 1 N–H and O–H groups in total. The summed E-state index contributed by atoms with van der Waals surface area (Å²) in [5.41, 5.74) is 1.71. The van der Waals surface area contributed by atoms with Crippen LogP contribution in [-0.2, 0) is 10.5 Å². The first-order chi connectivity index (χ1) is 19.3. The summed E-state index contributed by atoms with van der Waals surface area (Å²) in [5.74, 6) is -1.62. The van der Waals surface area contributed by atoms with Crippen molar-refractivity contribution < 1.29 is 19.1 Å². The van der Waals surface area contributed by atoms with Crippen molar-refractivity contribution in [3.05, 3.63) is 116 Å². The molecule has 2 aromatic heterocycles. The summed E-state index contributed by atoms with van der Waals surface area (Å²) in [5, 5.41) is 21.6. The zero-order valence-electron chi connectivity index (χ0n) is 20.2. The van der Waals surface area contributed by atoms with Gasteiger partial charge in [0.1, 0.15) is 5.58 Å². The van der Waals surface area contributed by atoms with Gasteiger partial charge in [-0.3, -0.25) is 14.5 Å². The van der Waals surface area contributed by atoms with E-state index in [2.05, 4.69) is 10.2 Å². The summed E-state index contributed by atoms with van der Waals surface area (Å²) in [6.07, 6.45) is 0. The number of fused-ring (bicyclic) bond motifs is 1. The van der Waals surface area contributed by atoms with Crippen molar-refractivity contribution in [2.24, 2.45) is 0 Å². The van der Waals surface area contributed by atoms with E-state index in [1.165, 1.54) is 16.7 Å². The fourth-order valence-corrected chi connectivity index (χ4v) is 6.83. The maximum atomic E-state index is 13.8. The van der Waals surface area contributed by atoms with Gasteiger partial charge in [0.05, 0.1) is 21.7 Å². The molecule has 1 aliphatic heterocycles. The van der Waals surface area contributed by atoms with Gasteiger partial charge < -0.3 is 9.52 Å². The second kappa shape index (κ2) is 10.9. The van der Waals surface area contributed by atoms with E-state index in [9.17, 15) is 14.7 Å². The Morgan fingerprint density at radius 3 is 2.52 bits per heavy atom. The second-order valence-electron chi connectivity index (χ2n) is 8.72. The Balaban J connectivity index is 1.38. The fraction of sp³-hybridized carbons (Fsp3) is 0.0714. The molecule has 3 aromatic carbocycles. The number of ketones is 1. The lowest BCUT2D eigenvalue weighted by Gasteiger charge is -2.24. The number of Topliss-reactive ketones (excluding diaryl/α,β-unsaturated/α-hetero) is 1. The number of rotatable bonds is 7. The maximum Gasteiger partial charge on any atom is 0.296 e. The van der Waals surface area contributed by atoms with Crippen molar-refractivity contribution in [2.75, 3.05) is 4.90 Å². The van der Waals surface area contributed by atoms with Crippen LogP contribution in [0.1, 0.15) is 27.7 Å². The third-order valence-corrected chi connectivity index (χ3v) is 9.48. The molecular formula is C28H16Cl3N3O4S2. The number of para-hydroxylation sites is 1. The highest BCUT2D eigenvalue weighted by molar-refractivity contribution is 8.00. The van der Waals surface area contributed by atoms with Crippen molar-refractivity contribution in [1.29, 1.82) is 0 Å². The summed E-state index contributed by atoms with van der Waals surface area (Å²) < 4.78 is 6.35. The normalized spacial score (nSPS) is 15.4. The molecule has 40 heavy (non-hydrogen) atoms. The van der Waals surface area contributed by atoms with Crippen LogP contribution in [0.3, 0.4) is 0 Å². The van der Waals surface area contributed by atoms with E-state index < -0.39 is 23.5 Å². The Bertz CT molecular complexity index is 1800. The number of aromatic nitrogens is 2. The van der Waals surface area contributed by atoms with Crippen LogP contribution in [0.15, 0.2) is 92.9 Å². The zero-order chi connectivity index (χ0) is 28.0. The standard InChI is InChI=1S/C28H16Cl3N3O4S2/c29-17-7-3-1-6-16(17)13-39-28-33-32-27(40-28)34-23(15-9-10-18(30)19(31)11-15)22(25(36)26(34)37)24(35)21-12-14-5-2-4-8-20(14)38-21/h1-12,23,36H,13H2/t23-/m1/s1. The molecule has 0 radical (unpaired) electrons. The highest BCUT2D eigenvalue weighted by atomic mass is 35.5. The van der Waals surface area contributed by atoms with E-state index in [0.29, 0.717) is 36.7 Å². The van der Waals surface area contributed by atoms with Gasteiger partial charge in [0, 0.05) is 16.2 Å². The number of aliphatic hydroxyl groups excluding tert-OH is 1. The average molecular weight is 629 g/mol. The number of anilines is 1. The minimum absolute atomic E-state index is 0.0179. The number of thioether (sulfide) groups is 1. The Morgan fingerprint density at radius 1 is 0.975 bits per heavy atom. The van der Waals surface area contributed by atoms with Crippen LogP contribution < -0.4 is 4.90 Å². The molecule has 12 heteroatoms. The molecule has 1 atom stereocenters. The second-order valence-corrected chi connectivity index (χ2v) is 12.1. The van der Waals surface area contributed by atoms with Crippen molar-refractivity contribution in [2.45, 2.75) is 16.1 Å². The number of hydrogen-bond acceptors (Lipinski definition) is 8. The van der Waals surface area contributed by atoms with Crippen LogP contribution in [0.4, 0.5) is 5.13 Å². The number of furan rings is 1. The lowest BCUT2D eigenvalue weighted by Crippen LogP contribution is -2.31. The molecule has 3 heterocycles. The molecule has 0 bridgehead atoms. The summed E-state index contributed by atoms with van der Waals surface area (Å²) in [4.78, 5) is 28.5. The third kappa shape index (κ3) is 4.88. The van der Waals surface area contributed by atoms with Crippen LogP contribution in [0.2, 0.25) is 15.1 Å². The fourth-order valence-electron chi connectivity index (χ4n) is 4.37. The number of benzene rings is 3. The highest BCUT2D eigenvalue weighted by Crippen LogP contribution is 2.45. The molecule has 5 aromatic rings. The van der Waals surface area contributed by atoms with Crippen molar-refractivity contribution in [1.82, 2.24) is 10.2 Å². The molecule has 1 aliphatic rings. The minimum atomic E-state index is -1.06. The number of carbonyl (C=O) groups excluding carboxylic acids is 2. The van der Waals surface area contributed by atoms with Crippen LogP contribution >= 0.6 is 57.9 Å². The Morgan fingerprint density at radius 2 is 1.75 bits per heavy atom. The molecule has 0 spiro atoms. The topological polar surface area (TPSA) is 96.5 Å². The van der Waals surface area contributed by atoms with Gasteiger partial charge >= 0.3 is 0 Å². The smallest absolute Gasteiger partial charge is 0.296 e. The monoisotopic (exact) mass is 627 g/mol. The van der Waals surface area contributed by atoms with Gasteiger partial charge in [0.15, 0.2) is 15.9 Å². The Kier molecular flexibility index (Phi) is 7.33. The number of carbonyl (C=O) groups is 2. The quantitative estimate of drug-likeness (QED) is 0.110. The van der Waals surface area contributed by atoms with E-state index in [4.69, 9.17) is 39.2 Å². The molecule has 0 unspecified atom stereocenters. The maximum absolute atomic E-state index is 13.8. The minimum Gasteiger partial charge on any atom is -0.503 e. The summed E-state index contributed by atoms with van der Waals surface area (Å²) >= 11 is 21.3. The lowest BCUT2D eigenvalue weighted by molar-refractivity contribution is -0.117. The van der Waals surface area contributed by atoms with Crippen LogP contribution in [0.5, 0.6) is 0 Å². The van der Waals surface area contributed by atoms with Gasteiger partial charge in [0.25, 0.3) is 5.91 Å². The predicted molar refractivity (Wildman–Crippen MR) is 158 cm³/mol. The first kappa shape index (κ1) is 26.9. The molecular weight excluding hydrogens is 613 g/mol. The average Bonchev–Trinajstić information content (AvgIpc) is 3.66. The van der Waals surface area contributed by atoms with Crippen LogP contribution in [0.25, 0.3) is 11.0 Å². The van der Waals surface area contributed by atoms with Crippen LogP contribution in [0, 0.1) is 0 Å². The number of amides is 1. The van der Waals surface area contributed by atoms with Crippen molar-refractivity contribution in [3.63, 3.8) is 0 Å². The zero-order valence-corrected chi connectivity index (χ0v) is 24.1. The number of nitrogens with zero attached hydrogens (tertiary/aromatic N) is 3. The summed E-state index contributed by atoms with van der Waals surface area (Å²) in [6.45, 7) is 0. The van der Waals surface area contributed by atoms with Gasteiger partial charge in [-0.25, -0.2) is 0 Å². The molecule has 0 saturated carbocycles. The first-order valence-electron chi connectivity index (χ1n) is 11.8. The van der Waals surface area contributed by atoms with Crippen molar-refractivity contribution >= 4 is 85.7 Å². The van der Waals surface area contributed by atoms with Gasteiger partial charge in [-0.2, -0.15) is 0 Å². The Hall–Kier alpha value is -3.34. The summed E-state index contributed by atoms with van der Waals surface area (Å²) in [6, 6.07) is 19.9. The van der Waals surface area contributed by atoms with E-state index in [0.717, 1.165) is 16.9 Å².